The third-order valence-electron chi connectivity index (χ3n) is 2.03. The molecule has 0 radical (unpaired) electrons. The molecule has 0 heterocycles. The number of ether oxygens (including phenoxy) is 1. The fourth-order valence-electron chi connectivity index (χ4n) is 1.07. The fraction of sp³-hybridized carbons (Fsp3) is 0.917. The molecule has 0 atom stereocenters. The van der Waals surface area contributed by atoms with Gasteiger partial charge in [0.15, 0.2) is 0 Å². The number of hydrazine groups is 1. The number of nitrogens with zero attached hydrogens (tertiary/aromatic N) is 2. The lowest BCUT2D eigenvalue weighted by molar-refractivity contribution is -0.590. The molecule has 0 aliphatic heterocycles. The summed E-state index contributed by atoms with van der Waals surface area (Å²) in [5.41, 5.74) is 2.60. The molecular formula is C12H27N3O7. The molecule has 10 nitrogen and oxygen atoms in total. The normalized spacial score (nSPS) is 10.9. The molecule has 132 valence electrons. The van der Waals surface area contributed by atoms with Crippen molar-refractivity contribution in [2.75, 3.05) is 19.7 Å². The van der Waals surface area contributed by atoms with E-state index in [9.17, 15) is 10.0 Å². The van der Waals surface area contributed by atoms with Crippen molar-refractivity contribution in [3.63, 3.8) is 0 Å². The van der Waals surface area contributed by atoms with E-state index in [-0.39, 0.29) is 12.7 Å². The Labute approximate surface area is 130 Å². The Morgan fingerprint density at radius 1 is 1.36 bits per heavy atom. The highest BCUT2D eigenvalue weighted by atomic mass is 17.5. The van der Waals surface area contributed by atoms with E-state index >= 15 is 0 Å². The maximum atomic E-state index is 10.9. The number of carbonyl (C=O) groups is 1. The molecule has 0 bridgehead atoms. The molecule has 0 spiro atoms. The van der Waals surface area contributed by atoms with Gasteiger partial charge >= 0.3 is 6.16 Å². The minimum absolute atomic E-state index is 0.225. The van der Waals surface area contributed by atoms with Gasteiger partial charge in [-0.1, -0.05) is 18.4 Å². The molecule has 0 aromatic rings. The average Bonchev–Trinajstić information content (AvgIpc) is 2.42. The highest BCUT2D eigenvalue weighted by molar-refractivity contribution is 5.56. The Kier molecular flexibility index (Phi) is 17.9. The molecule has 0 rings (SSSR count). The molecule has 0 aromatic heterocycles. The van der Waals surface area contributed by atoms with Crippen molar-refractivity contribution in [2.45, 2.75) is 52.6 Å². The number of unbranched alkanes of at least 4 members (excludes halogenated alkanes) is 2. The van der Waals surface area contributed by atoms with Crippen LogP contribution in [0.1, 0.15) is 46.5 Å². The Morgan fingerprint density at radius 3 is 2.50 bits per heavy atom. The molecule has 0 saturated carbocycles. The maximum absolute atomic E-state index is 10.9. The van der Waals surface area contributed by atoms with E-state index in [0.29, 0.717) is 30.9 Å². The average molecular weight is 325 g/mol. The second-order valence-electron chi connectivity index (χ2n) is 4.44. The Morgan fingerprint density at radius 2 is 2.05 bits per heavy atom. The van der Waals surface area contributed by atoms with E-state index in [0.717, 1.165) is 12.8 Å². The Balaban J connectivity index is 0. The van der Waals surface area contributed by atoms with Crippen LogP contribution in [-0.2, 0) is 14.7 Å². The van der Waals surface area contributed by atoms with Gasteiger partial charge in [-0.05, 0) is 38.2 Å². The second-order valence-corrected chi connectivity index (χ2v) is 4.44. The standard InChI is InChI=1S/C8H19N3O4.C4H8O3/c1-2-3-6-9-11(12)10-7-4-5-8-14-15-13;1-3(2)7-4(5)6/h13H,2-8H2,1H3,(H,9,10);3H,1-2H3,(H,5,6). The number of rotatable bonds is 11. The second kappa shape index (κ2) is 17.4. The summed E-state index contributed by atoms with van der Waals surface area (Å²) in [4.78, 5) is 14.3. The molecule has 0 amide bonds. The van der Waals surface area contributed by atoms with Crippen molar-refractivity contribution >= 4 is 6.16 Å². The van der Waals surface area contributed by atoms with Gasteiger partial charge in [-0.2, -0.15) is 5.43 Å². The monoisotopic (exact) mass is 325 g/mol. The van der Waals surface area contributed by atoms with Gasteiger partial charge in [0.25, 0.3) is 0 Å². The quantitative estimate of drug-likeness (QED) is 0.132. The lowest BCUT2D eigenvalue weighted by Gasteiger charge is -2.01. The van der Waals surface area contributed by atoms with E-state index in [4.69, 9.17) is 10.4 Å². The predicted octanol–water partition coefficient (Wildman–Crippen LogP) is 2.54. The van der Waals surface area contributed by atoms with Crippen LogP contribution in [0.5, 0.6) is 0 Å². The fourth-order valence-corrected chi connectivity index (χ4v) is 1.07. The van der Waals surface area contributed by atoms with Crippen molar-refractivity contribution < 1.29 is 34.8 Å². The van der Waals surface area contributed by atoms with E-state index in [1.54, 1.807) is 13.8 Å². The molecule has 22 heavy (non-hydrogen) atoms. The van der Waals surface area contributed by atoms with Gasteiger partial charge in [0.05, 0.1) is 19.3 Å². The topological polar surface area (TPSA) is 136 Å². The van der Waals surface area contributed by atoms with Crippen LogP contribution in [0.25, 0.3) is 0 Å². The van der Waals surface area contributed by atoms with E-state index in [1.165, 1.54) is 0 Å². The van der Waals surface area contributed by atoms with Crippen molar-refractivity contribution in [2.24, 2.45) is 5.11 Å². The summed E-state index contributed by atoms with van der Waals surface area (Å²) in [5, 5.41) is 33.8. The third kappa shape index (κ3) is 23.4. The maximum Gasteiger partial charge on any atom is 0.506 e. The van der Waals surface area contributed by atoms with Crippen molar-refractivity contribution in [3.05, 3.63) is 5.21 Å². The minimum atomic E-state index is -1.21. The molecule has 0 unspecified atom stereocenters. The SMILES string of the molecule is CC(C)OC(=O)O.CCCCN[N+]([O-])=NCCCCOOO. The van der Waals surface area contributed by atoms with E-state index in [2.05, 4.69) is 32.1 Å². The zero-order chi connectivity index (χ0) is 17.2. The summed E-state index contributed by atoms with van der Waals surface area (Å²) < 4.78 is 4.17. The lowest BCUT2D eigenvalue weighted by atomic mass is 10.3. The third-order valence-corrected chi connectivity index (χ3v) is 2.03. The highest BCUT2D eigenvalue weighted by Gasteiger charge is 1.97. The zero-order valence-electron chi connectivity index (χ0n) is 13.4. The van der Waals surface area contributed by atoms with Gasteiger partial charge in [-0.15, -0.1) is 0 Å². The van der Waals surface area contributed by atoms with Crippen LogP contribution in [0, 0.1) is 5.21 Å². The van der Waals surface area contributed by atoms with Crippen LogP contribution in [0.15, 0.2) is 5.11 Å². The highest BCUT2D eigenvalue weighted by Crippen LogP contribution is 1.91. The van der Waals surface area contributed by atoms with Gasteiger partial charge in [-0.3, -0.25) is 0 Å². The van der Waals surface area contributed by atoms with Crippen LogP contribution in [-0.4, -0.2) is 47.3 Å². The van der Waals surface area contributed by atoms with Gasteiger partial charge in [0.1, 0.15) is 6.54 Å². The number of nitrogens with one attached hydrogen (secondary N) is 1. The van der Waals surface area contributed by atoms with Gasteiger partial charge in [0, 0.05) is 4.97 Å². The van der Waals surface area contributed by atoms with Crippen molar-refractivity contribution in [3.8, 4) is 0 Å². The van der Waals surface area contributed by atoms with Crippen LogP contribution in [0.2, 0.25) is 0 Å². The summed E-state index contributed by atoms with van der Waals surface area (Å²) in [6.45, 7) is 6.73. The first-order chi connectivity index (χ1) is 10.4. The molecule has 0 aliphatic carbocycles. The van der Waals surface area contributed by atoms with Crippen LogP contribution < -0.4 is 5.43 Å². The largest absolute Gasteiger partial charge is 0.572 e. The van der Waals surface area contributed by atoms with E-state index < -0.39 is 6.16 Å². The van der Waals surface area contributed by atoms with Gasteiger partial charge in [-0.25, -0.2) is 14.9 Å². The van der Waals surface area contributed by atoms with Gasteiger partial charge in [0.2, 0.25) is 0 Å². The zero-order valence-corrected chi connectivity index (χ0v) is 13.4. The Bertz CT molecular complexity index is 288. The van der Waals surface area contributed by atoms with Crippen molar-refractivity contribution in [1.29, 1.82) is 0 Å². The molecule has 10 heteroatoms. The minimum Gasteiger partial charge on any atom is -0.572 e. The first kappa shape index (κ1) is 22.6. The summed E-state index contributed by atoms with van der Waals surface area (Å²) >= 11 is 0. The summed E-state index contributed by atoms with van der Waals surface area (Å²) in [6.07, 6.45) is 1.94. The van der Waals surface area contributed by atoms with Crippen LogP contribution in [0.4, 0.5) is 4.79 Å². The first-order valence-electron chi connectivity index (χ1n) is 7.14. The van der Waals surface area contributed by atoms with Gasteiger partial charge < -0.3 is 15.1 Å². The molecular weight excluding hydrogens is 298 g/mol. The summed E-state index contributed by atoms with van der Waals surface area (Å²) in [6, 6.07) is 0. The molecule has 0 fully saturated rings. The van der Waals surface area contributed by atoms with Crippen LogP contribution in [0.3, 0.4) is 0 Å². The first-order valence-corrected chi connectivity index (χ1v) is 7.14. The van der Waals surface area contributed by atoms with Crippen LogP contribution >= 0.6 is 0 Å². The number of hydrogen-bond donors (Lipinski definition) is 3. The van der Waals surface area contributed by atoms with Crippen molar-refractivity contribution in [1.82, 2.24) is 5.43 Å². The van der Waals surface area contributed by atoms with E-state index in [1.807, 2.05) is 0 Å². The molecule has 0 aromatic carbocycles. The Hall–Kier alpha value is -1.65. The molecule has 0 saturated heterocycles. The molecule has 3 N–H and O–H groups in total. The summed E-state index contributed by atoms with van der Waals surface area (Å²) in [5.74, 6) is 0. The summed E-state index contributed by atoms with van der Waals surface area (Å²) in [7, 11) is 0. The number of carboxylic acid groups (broad SMARTS) is 1. The lowest BCUT2D eigenvalue weighted by Crippen LogP contribution is -2.23. The molecule has 0 aliphatic rings. The smallest absolute Gasteiger partial charge is 0.506 e. The number of hydrogen-bond acceptors (Lipinski definition) is 7. The predicted molar refractivity (Wildman–Crippen MR) is 77.0 cm³/mol.